The first-order valence-corrected chi connectivity index (χ1v) is 4.90. The molecule has 0 saturated heterocycles. The zero-order valence-corrected chi connectivity index (χ0v) is 9.76. The molecular weight excluding hydrogens is 281 g/mol. The molecule has 1 aromatic rings. The highest BCUT2D eigenvalue weighted by Gasteiger charge is 2.35. The molecule has 11 heteroatoms. The van der Waals surface area contributed by atoms with Crippen LogP contribution in [0.2, 0.25) is 0 Å². The molecule has 0 aliphatic carbocycles. The standard InChI is InChI=1S/C9H9F3N6O2/c10-9(11,12)5-3-4(18(19)20)1-2-6(5)16-8(15)17-7(13)14/h1-3H,(H6,13,14,15,16,17). The Hall–Kier alpha value is -2.85. The number of hydrogen-bond acceptors (Lipinski definition) is 3. The van der Waals surface area contributed by atoms with E-state index in [1.165, 1.54) is 0 Å². The summed E-state index contributed by atoms with van der Waals surface area (Å²) in [6.07, 6.45) is -4.84. The van der Waals surface area contributed by atoms with Crippen molar-refractivity contribution in [3.8, 4) is 0 Å². The van der Waals surface area contributed by atoms with Gasteiger partial charge in [-0.15, -0.1) is 0 Å². The smallest absolute Gasteiger partial charge is 0.370 e. The summed E-state index contributed by atoms with van der Waals surface area (Å²) < 4.78 is 38.4. The number of nitro groups is 1. The molecule has 0 aliphatic rings. The summed E-state index contributed by atoms with van der Waals surface area (Å²) in [5.74, 6) is -1.09. The van der Waals surface area contributed by atoms with Crippen molar-refractivity contribution in [2.75, 3.05) is 0 Å². The first kappa shape index (κ1) is 15.2. The van der Waals surface area contributed by atoms with Crippen LogP contribution in [0.1, 0.15) is 5.56 Å². The predicted molar refractivity (Wildman–Crippen MR) is 65.2 cm³/mol. The average Bonchev–Trinajstić information content (AvgIpc) is 2.26. The van der Waals surface area contributed by atoms with E-state index in [-0.39, 0.29) is 0 Å². The van der Waals surface area contributed by atoms with Crippen molar-refractivity contribution >= 4 is 23.3 Å². The maximum absolute atomic E-state index is 12.8. The van der Waals surface area contributed by atoms with Crippen LogP contribution < -0.4 is 17.2 Å². The van der Waals surface area contributed by atoms with Crippen LogP contribution in [0, 0.1) is 10.1 Å². The van der Waals surface area contributed by atoms with E-state index in [1.54, 1.807) is 0 Å². The van der Waals surface area contributed by atoms with Crippen LogP contribution >= 0.6 is 0 Å². The van der Waals surface area contributed by atoms with Gasteiger partial charge >= 0.3 is 6.18 Å². The van der Waals surface area contributed by atoms with Crippen LogP contribution in [-0.2, 0) is 6.18 Å². The van der Waals surface area contributed by atoms with Gasteiger partial charge in [0.25, 0.3) is 5.69 Å². The molecule has 0 spiro atoms. The molecule has 6 N–H and O–H groups in total. The van der Waals surface area contributed by atoms with Gasteiger partial charge in [0.15, 0.2) is 5.96 Å². The zero-order valence-electron chi connectivity index (χ0n) is 9.76. The number of nitrogens with zero attached hydrogens (tertiary/aromatic N) is 3. The Morgan fingerprint density at radius 1 is 1.25 bits per heavy atom. The number of non-ortho nitro benzene ring substituents is 1. The largest absolute Gasteiger partial charge is 0.418 e. The van der Waals surface area contributed by atoms with Crippen LogP contribution in [-0.4, -0.2) is 16.8 Å². The van der Waals surface area contributed by atoms with Crippen LogP contribution in [0.15, 0.2) is 28.2 Å². The van der Waals surface area contributed by atoms with E-state index in [0.29, 0.717) is 6.07 Å². The molecule has 0 heterocycles. The third-order valence-electron chi connectivity index (χ3n) is 1.98. The molecule has 0 aliphatic heterocycles. The van der Waals surface area contributed by atoms with Gasteiger partial charge in [0.1, 0.15) is 0 Å². The minimum atomic E-state index is -4.84. The topological polar surface area (TPSA) is 146 Å². The summed E-state index contributed by atoms with van der Waals surface area (Å²) in [6.45, 7) is 0. The summed E-state index contributed by atoms with van der Waals surface area (Å²) in [4.78, 5) is 16.1. The lowest BCUT2D eigenvalue weighted by atomic mass is 10.1. The van der Waals surface area contributed by atoms with Crippen LogP contribution in [0.5, 0.6) is 0 Å². The van der Waals surface area contributed by atoms with Crippen LogP contribution in [0.4, 0.5) is 24.5 Å². The maximum Gasteiger partial charge on any atom is 0.418 e. The summed E-state index contributed by atoms with van der Waals surface area (Å²) in [7, 11) is 0. The van der Waals surface area contributed by atoms with Gasteiger partial charge in [-0.3, -0.25) is 10.1 Å². The lowest BCUT2D eigenvalue weighted by Gasteiger charge is -2.09. The number of rotatable bonds is 2. The number of hydrogen-bond donors (Lipinski definition) is 3. The Labute approximate surface area is 109 Å². The second-order valence-corrected chi connectivity index (χ2v) is 3.46. The highest BCUT2D eigenvalue weighted by atomic mass is 19.4. The van der Waals surface area contributed by atoms with E-state index in [4.69, 9.17) is 17.2 Å². The van der Waals surface area contributed by atoms with Gasteiger partial charge in [0.2, 0.25) is 5.96 Å². The molecule has 108 valence electrons. The Balaban J connectivity index is 3.40. The van der Waals surface area contributed by atoms with E-state index in [0.717, 1.165) is 12.1 Å². The van der Waals surface area contributed by atoms with Gasteiger partial charge in [-0.05, 0) is 6.07 Å². The van der Waals surface area contributed by atoms with Crippen molar-refractivity contribution in [2.24, 2.45) is 27.2 Å². The number of alkyl halides is 3. The number of benzene rings is 1. The fourth-order valence-corrected chi connectivity index (χ4v) is 1.24. The number of halogens is 3. The minimum absolute atomic E-state index is 0.349. The Bertz CT molecular complexity index is 592. The van der Waals surface area contributed by atoms with Crippen molar-refractivity contribution in [3.63, 3.8) is 0 Å². The van der Waals surface area contributed by atoms with Crippen molar-refractivity contribution in [1.29, 1.82) is 0 Å². The second-order valence-electron chi connectivity index (χ2n) is 3.46. The highest BCUT2D eigenvalue weighted by Crippen LogP contribution is 2.38. The monoisotopic (exact) mass is 290 g/mol. The molecule has 0 saturated carbocycles. The van der Waals surface area contributed by atoms with Gasteiger partial charge < -0.3 is 17.2 Å². The first-order valence-electron chi connectivity index (χ1n) is 4.90. The molecule has 0 atom stereocenters. The molecular formula is C9H9F3N6O2. The lowest BCUT2D eigenvalue weighted by molar-refractivity contribution is -0.385. The van der Waals surface area contributed by atoms with Gasteiger partial charge in [0, 0.05) is 12.1 Å². The van der Waals surface area contributed by atoms with E-state index in [9.17, 15) is 23.3 Å². The molecule has 20 heavy (non-hydrogen) atoms. The van der Waals surface area contributed by atoms with Crippen molar-refractivity contribution in [1.82, 2.24) is 0 Å². The van der Waals surface area contributed by atoms with E-state index >= 15 is 0 Å². The minimum Gasteiger partial charge on any atom is -0.370 e. The summed E-state index contributed by atoms with van der Waals surface area (Å²) >= 11 is 0. The van der Waals surface area contributed by atoms with Gasteiger partial charge in [-0.1, -0.05) is 0 Å². The Morgan fingerprint density at radius 3 is 2.30 bits per heavy atom. The molecule has 0 fully saturated rings. The Morgan fingerprint density at radius 2 is 1.85 bits per heavy atom. The molecule has 8 nitrogen and oxygen atoms in total. The van der Waals surface area contributed by atoms with Crippen LogP contribution in [0.25, 0.3) is 0 Å². The van der Waals surface area contributed by atoms with E-state index in [2.05, 4.69) is 9.98 Å². The predicted octanol–water partition coefficient (Wildman–Crippen LogP) is 0.833. The maximum atomic E-state index is 12.8. The highest BCUT2D eigenvalue weighted by molar-refractivity contribution is 5.93. The molecule has 0 amide bonds. The van der Waals surface area contributed by atoms with Crippen LogP contribution in [0.3, 0.4) is 0 Å². The average molecular weight is 290 g/mol. The SMILES string of the molecule is NC(N)=NC(N)=Nc1ccc([N+](=O)[O-])cc1C(F)(F)F. The van der Waals surface area contributed by atoms with E-state index < -0.39 is 40.0 Å². The van der Waals surface area contributed by atoms with Crippen molar-refractivity contribution in [3.05, 3.63) is 33.9 Å². The third kappa shape index (κ3) is 3.83. The van der Waals surface area contributed by atoms with Crippen molar-refractivity contribution < 1.29 is 18.1 Å². The van der Waals surface area contributed by atoms with Gasteiger partial charge in [-0.25, -0.2) is 4.99 Å². The quantitative estimate of drug-likeness (QED) is 0.319. The molecule has 0 unspecified atom stereocenters. The molecule has 0 aromatic heterocycles. The number of nitrogens with two attached hydrogens (primary N) is 3. The fourth-order valence-electron chi connectivity index (χ4n) is 1.24. The normalized spacial score (nSPS) is 12.1. The van der Waals surface area contributed by atoms with Crippen molar-refractivity contribution in [2.45, 2.75) is 6.18 Å². The summed E-state index contributed by atoms with van der Waals surface area (Å²) in [6, 6.07) is 2.01. The fraction of sp³-hybridized carbons (Fsp3) is 0.111. The number of aliphatic imine (C=N–C) groups is 2. The second kappa shape index (κ2) is 5.42. The van der Waals surface area contributed by atoms with E-state index in [1.807, 2.05) is 0 Å². The molecule has 0 radical (unpaired) electrons. The molecule has 1 aromatic carbocycles. The number of guanidine groups is 2. The Kier molecular flexibility index (Phi) is 4.12. The van der Waals surface area contributed by atoms with Gasteiger partial charge in [0.05, 0.1) is 16.2 Å². The number of nitro benzene ring substituents is 1. The lowest BCUT2D eigenvalue weighted by Crippen LogP contribution is -2.26. The summed E-state index contributed by atoms with van der Waals surface area (Å²) in [5, 5.41) is 10.5. The summed E-state index contributed by atoms with van der Waals surface area (Å²) in [5.41, 5.74) is 12.5. The van der Waals surface area contributed by atoms with Gasteiger partial charge in [-0.2, -0.15) is 18.2 Å². The molecule has 0 bridgehead atoms. The molecule has 1 rings (SSSR count). The first-order chi connectivity index (χ1) is 9.11. The zero-order chi connectivity index (χ0) is 15.5. The third-order valence-corrected chi connectivity index (χ3v) is 1.98.